The van der Waals surface area contributed by atoms with Gasteiger partial charge in [-0.3, -0.25) is 9.69 Å². The lowest BCUT2D eigenvalue weighted by molar-refractivity contribution is -0.137. The lowest BCUT2D eigenvalue weighted by Gasteiger charge is -2.40. The molecule has 3 aliphatic heterocycles. The van der Waals surface area contributed by atoms with Crippen LogP contribution in [0.3, 0.4) is 0 Å². The van der Waals surface area contributed by atoms with Gasteiger partial charge in [-0.1, -0.05) is 79.2 Å². The van der Waals surface area contributed by atoms with E-state index in [1.807, 2.05) is 109 Å². The number of nitrogens with zero attached hydrogens (tertiary/aromatic N) is 4. The van der Waals surface area contributed by atoms with E-state index < -0.39 is 17.7 Å². The third-order valence-electron chi connectivity index (χ3n) is 12.8. The van der Waals surface area contributed by atoms with Crippen molar-refractivity contribution in [2.45, 2.75) is 102 Å². The van der Waals surface area contributed by atoms with Crippen LogP contribution in [-0.2, 0) is 40.4 Å². The Bertz CT molecular complexity index is 2210. The first kappa shape index (κ1) is 49.9. The minimum Gasteiger partial charge on any atom is -0.489 e. The number of anilines is 1. The Labute approximate surface area is 407 Å². The van der Waals surface area contributed by atoms with Gasteiger partial charge in [-0.2, -0.15) is 0 Å². The normalized spacial score (nSPS) is 17.8. The van der Waals surface area contributed by atoms with Crippen LogP contribution >= 0.6 is 23.4 Å². The summed E-state index contributed by atoms with van der Waals surface area (Å²) in [4.78, 5) is 50.7. The number of carbonyl (C=O) groups excluding carboxylic acids is 3. The summed E-state index contributed by atoms with van der Waals surface area (Å²) in [5.74, 6) is 1.74. The quantitative estimate of drug-likeness (QED) is 0.0935. The molecule has 7 rings (SSSR count). The molecule has 3 heterocycles. The molecule has 14 heteroatoms. The maximum atomic E-state index is 14.5. The van der Waals surface area contributed by atoms with Gasteiger partial charge >= 0.3 is 12.2 Å². The van der Waals surface area contributed by atoms with Gasteiger partial charge in [0.25, 0.3) is 0 Å². The number of ether oxygens (including phenoxy) is 3. The highest BCUT2D eigenvalue weighted by molar-refractivity contribution is 7.99. The molecule has 0 saturated carbocycles. The summed E-state index contributed by atoms with van der Waals surface area (Å²) in [5.41, 5.74) is 4.83. The van der Waals surface area contributed by atoms with E-state index in [1.165, 1.54) is 10.5 Å². The molecule has 12 nitrogen and oxygen atoms in total. The van der Waals surface area contributed by atoms with E-state index >= 15 is 0 Å². The van der Waals surface area contributed by atoms with E-state index in [0.717, 1.165) is 105 Å². The number of hydrogen-bond acceptors (Lipinski definition) is 10. The predicted molar refractivity (Wildman–Crippen MR) is 268 cm³/mol. The number of piperazine rings is 1. The third kappa shape index (κ3) is 15.0. The molecular formula is C53H69ClN6O6S. The van der Waals surface area contributed by atoms with Crippen LogP contribution in [0.5, 0.6) is 5.75 Å². The van der Waals surface area contributed by atoms with Crippen molar-refractivity contribution in [2.75, 3.05) is 70.0 Å². The summed E-state index contributed by atoms with van der Waals surface area (Å²) in [6, 6.07) is 31.5. The molecule has 360 valence electrons. The van der Waals surface area contributed by atoms with Crippen molar-refractivity contribution < 1.29 is 28.6 Å². The van der Waals surface area contributed by atoms with Gasteiger partial charge in [0.15, 0.2) is 0 Å². The SMILES string of the molecule is CCSc1ccc(OCc2ccccc2)cc1CN1CCN(C(=O)[C@H](NC(=O)OCc2ccccc2)C2CCN(CCc3cc(Cl)ccc3NC[C@@H]3CCCN3C(=O)OC(C)(C)C)CC2)CC1. The van der Waals surface area contributed by atoms with Crippen molar-refractivity contribution in [3.63, 3.8) is 0 Å². The van der Waals surface area contributed by atoms with Crippen molar-refractivity contribution in [1.82, 2.24) is 24.9 Å². The Morgan fingerprint density at radius 2 is 1.49 bits per heavy atom. The molecule has 3 amide bonds. The molecule has 4 aromatic rings. The molecule has 0 aliphatic carbocycles. The molecule has 3 fully saturated rings. The van der Waals surface area contributed by atoms with Crippen LogP contribution in [0.15, 0.2) is 102 Å². The number of thioether (sulfide) groups is 1. The Balaban J connectivity index is 0.944. The molecule has 0 unspecified atom stereocenters. The molecular weight excluding hydrogens is 884 g/mol. The minimum atomic E-state index is -0.692. The Morgan fingerprint density at radius 1 is 0.791 bits per heavy atom. The molecule has 2 N–H and O–H groups in total. The van der Waals surface area contributed by atoms with Gasteiger partial charge in [0.05, 0.1) is 6.04 Å². The maximum absolute atomic E-state index is 14.5. The van der Waals surface area contributed by atoms with Crippen LogP contribution in [0.2, 0.25) is 5.02 Å². The topological polar surface area (TPSA) is 116 Å². The Hall–Kier alpha value is -4.95. The number of amides is 3. The molecule has 3 saturated heterocycles. The number of hydrogen-bond donors (Lipinski definition) is 2. The number of likely N-dealkylation sites (tertiary alicyclic amines) is 2. The first-order valence-electron chi connectivity index (χ1n) is 24.1. The van der Waals surface area contributed by atoms with Gasteiger partial charge in [-0.25, -0.2) is 9.59 Å². The van der Waals surface area contributed by atoms with Crippen molar-refractivity contribution >= 4 is 47.1 Å². The third-order valence-corrected chi connectivity index (χ3v) is 14.0. The van der Waals surface area contributed by atoms with E-state index in [9.17, 15) is 14.4 Å². The molecule has 67 heavy (non-hydrogen) atoms. The van der Waals surface area contributed by atoms with E-state index in [1.54, 1.807) is 0 Å². The molecule has 0 aromatic heterocycles. The monoisotopic (exact) mass is 952 g/mol. The first-order chi connectivity index (χ1) is 32.4. The Kier molecular flexibility index (Phi) is 18.2. The van der Waals surface area contributed by atoms with Crippen LogP contribution in [0.25, 0.3) is 0 Å². The summed E-state index contributed by atoms with van der Waals surface area (Å²) < 4.78 is 17.6. The smallest absolute Gasteiger partial charge is 0.410 e. The first-order valence-corrected chi connectivity index (χ1v) is 25.4. The number of carbonyl (C=O) groups is 3. The zero-order valence-electron chi connectivity index (χ0n) is 39.7. The summed E-state index contributed by atoms with van der Waals surface area (Å²) >= 11 is 8.37. The van der Waals surface area contributed by atoms with Crippen LogP contribution in [0.1, 0.15) is 75.6 Å². The molecule has 3 aliphatic rings. The standard InChI is InChI=1S/C53H69ClN6O6S/c1-5-67-48-21-19-46(64-37-39-13-8-6-9-14-39)34-43(48)36-58-29-31-59(32-30-58)50(61)49(56-51(62)65-38-40-15-10-7-11-16-40)41-22-26-57(27-23-41)28-24-42-33-44(54)18-20-47(42)55-35-45-17-12-25-60(45)52(63)66-53(2,3)4/h6-11,13-16,18-21,33-34,41,45,49,55H,5,12,17,22-32,35-38H2,1-4H3,(H,56,62)/t45-,49+/m0/s1. The van der Waals surface area contributed by atoms with Gasteiger partial charge in [0.2, 0.25) is 5.91 Å². The molecule has 2 atom stereocenters. The highest BCUT2D eigenvalue weighted by atomic mass is 35.5. The van der Waals surface area contributed by atoms with Crippen molar-refractivity contribution in [3.05, 3.63) is 124 Å². The van der Waals surface area contributed by atoms with Crippen molar-refractivity contribution in [1.29, 1.82) is 0 Å². The van der Waals surface area contributed by atoms with Crippen LogP contribution in [-0.4, -0.2) is 120 Å². The fourth-order valence-corrected chi connectivity index (χ4v) is 10.2. The number of benzene rings is 4. The number of halogens is 1. The largest absolute Gasteiger partial charge is 0.489 e. The van der Waals surface area contributed by atoms with Gasteiger partial charge in [0, 0.05) is 68.0 Å². The lowest BCUT2D eigenvalue weighted by Crippen LogP contribution is -2.58. The second-order valence-electron chi connectivity index (χ2n) is 18.8. The van der Waals surface area contributed by atoms with Gasteiger partial charge in [-0.05, 0) is 136 Å². The summed E-state index contributed by atoms with van der Waals surface area (Å²) in [5, 5.41) is 7.35. The van der Waals surface area contributed by atoms with Crippen LogP contribution in [0.4, 0.5) is 15.3 Å². The zero-order valence-corrected chi connectivity index (χ0v) is 41.3. The second-order valence-corrected chi connectivity index (χ2v) is 20.6. The van der Waals surface area contributed by atoms with E-state index in [4.69, 9.17) is 25.8 Å². The van der Waals surface area contributed by atoms with Crippen molar-refractivity contribution in [3.8, 4) is 5.75 Å². The zero-order chi connectivity index (χ0) is 47.2. The number of nitrogens with one attached hydrogen (secondary N) is 2. The maximum Gasteiger partial charge on any atom is 0.410 e. The fraction of sp³-hybridized carbons (Fsp3) is 0.491. The number of rotatable bonds is 18. The summed E-state index contributed by atoms with van der Waals surface area (Å²) in [7, 11) is 0. The summed E-state index contributed by atoms with van der Waals surface area (Å²) in [6.07, 6.45) is 3.34. The molecule has 0 spiro atoms. The average Bonchev–Trinajstić information content (AvgIpc) is 3.81. The number of alkyl carbamates (subject to hydrolysis) is 1. The molecule has 4 aromatic carbocycles. The average molecular weight is 954 g/mol. The molecule has 0 bridgehead atoms. The highest BCUT2D eigenvalue weighted by Gasteiger charge is 2.37. The van der Waals surface area contributed by atoms with E-state index in [-0.39, 0.29) is 30.6 Å². The Morgan fingerprint density at radius 3 is 2.18 bits per heavy atom. The van der Waals surface area contributed by atoms with Gasteiger partial charge in [0.1, 0.15) is 30.6 Å². The van der Waals surface area contributed by atoms with Gasteiger partial charge in [-0.15, -0.1) is 11.8 Å². The summed E-state index contributed by atoms with van der Waals surface area (Å²) in [6.45, 7) is 15.6. The highest BCUT2D eigenvalue weighted by Crippen LogP contribution is 2.30. The van der Waals surface area contributed by atoms with E-state index in [2.05, 4.69) is 57.7 Å². The van der Waals surface area contributed by atoms with Crippen LogP contribution < -0.4 is 15.4 Å². The van der Waals surface area contributed by atoms with Crippen molar-refractivity contribution in [2.24, 2.45) is 5.92 Å². The van der Waals surface area contributed by atoms with Gasteiger partial charge < -0.3 is 39.5 Å². The number of piperidine rings is 1. The second kappa shape index (κ2) is 24.4. The van der Waals surface area contributed by atoms with E-state index in [0.29, 0.717) is 37.8 Å². The molecule has 0 radical (unpaired) electrons. The lowest BCUT2D eigenvalue weighted by atomic mass is 9.88. The predicted octanol–water partition coefficient (Wildman–Crippen LogP) is 9.74. The minimum absolute atomic E-state index is 0.0407. The van der Waals surface area contributed by atoms with Crippen LogP contribution in [0, 0.1) is 5.92 Å². The fourth-order valence-electron chi connectivity index (χ4n) is 9.21.